The molecule has 0 atom stereocenters. The molecule has 7 nitrogen and oxygen atoms in total. The highest BCUT2D eigenvalue weighted by Crippen LogP contribution is 2.39. The lowest BCUT2D eigenvalue weighted by Crippen LogP contribution is -2.40. The highest BCUT2D eigenvalue weighted by molar-refractivity contribution is 5.79. The monoisotopic (exact) mass is 387 g/mol. The summed E-state index contributed by atoms with van der Waals surface area (Å²) in [5, 5.41) is 6.52. The quantitative estimate of drug-likeness (QED) is 0.371. The molecule has 7 heteroatoms. The molecule has 0 bridgehead atoms. The topological polar surface area (TPSA) is 73.3 Å². The normalized spacial score (nSPS) is 10.9. The lowest BCUT2D eigenvalue weighted by atomic mass is 10.1. The first-order chi connectivity index (χ1) is 13.7. The van der Waals surface area contributed by atoms with Crippen LogP contribution in [0.1, 0.15) is 5.56 Å². The third-order valence-electron chi connectivity index (χ3n) is 4.10. The molecule has 0 aliphatic carbocycles. The molecule has 0 aromatic heterocycles. The summed E-state index contributed by atoms with van der Waals surface area (Å²) >= 11 is 0. The van der Waals surface area contributed by atoms with Crippen LogP contribution in [-0.4, -0.2) is 54.0 Å². The Hall–Kier alpha value is -3.09. The summed E-state index contributed by atoms with van der Waals surface area (Å²) in [5.74, 6) is 3.50. The van der Waals surface area contributed by atoms with Crippen LogP contribution in [-0.2, 0) is 6.42 Å². The number of ether oxygens (including phenoxy) is 4. The van der Waals surface area contributed by atoms with Crippen LogP contribution in [0.15, 0.2) is 47.5 Å². The Labute approximate surface area is 166 Å². The summed E-state index contributed by atoms with van der Waals surface area (Å²) in [5.41, 5.74) is 1.02. The fourth-order valence-electron chi connectivity index (χ4n) is 2.75. The van der Waals surface area contributed by atoms with Gasteiger partial charge in [-0.25, -0.2) is 0 Å². The molecule has 0 aliphatic rings. The molecule has 0 saturated heterocycles. The molecule has 0 saturated carbocycles. The minimum atomic E-state index is 0.550. The van der Waals surface area contributed by atoms with Gasteiger partial charge in [-0.3, -0.25) is 4.99 Å². The predicted molar refractivity (Wildman–Crippen MR) is 111 cm³/mol. The van der Waals surface area contributed by atoms with Gasteiger partial charge in [-0.2, -0.15) is 0 Å². The molecular formula is C21H29N3O4. The summed E-state index contributed by atoms with van der Waals surface area (Å²) < 4.78 is 21.9. The number of nitrogens with one attached hydrogen (secondary N) is 2. The summed E-state index contributed by atoms with van der Waals surface area (Å²) in [4.78, 5) is 4.23. The molecule has 0 aliphatic heterocycles. The molecule has 0 radical (unpaired) electrons. The van der Waals surface area contributed by atoms with Crippen molar-refractivity contribution in [2.45, 2.75) is 6.42 Å². The second-order valence-corrected chi connectivity index (χ2v) is 5.83. The first-order valence-corrected chi connectivity index (χ1v) is 9.13. The van der Waals surface area contributed by atoms with Crippen molar-refractivity contribution in [3.8, 4) is 23.0 Å². The van der Waals surface area contributed by atoms with Gasteiger partial charge in [0.1, 0.15) is 12.4 Å². The van der Waals surface area contributed by atoms with Crippen molar-refractivity contribution < 1.29 is 18.9 Å². The molecule has 0 fully saturated rings. The first kappa shape index (κ1) is 21.2. The lowest BCUT2D eigenvalue weighted by molar-refractivity contribution is 0.321. The van der Waals surface area contributed by atoms with E-state index >= 15 is 0 Å². The molecule has 28 heavy (non-hydrogen) atoms. The van der Waals surface area contributed by atoms with E-state index in [1.165, 1.54) is 0 Å². The lowest BCUT2D eigenvalue weighted by Gasteiger charge is -2.16. The average molecular weight is 387 g/mol. The zero-order chi connectivity index (χ0) is 20.2. The van der Waals surface area contributed by atoms with Crippen molar-refractivity contribution in [2.24, 2.45) is 4.99 Å². The molecule has 0 spiro atoms. The van der Waals surface area contributed by atoms with Crippen molar-refractivity contribution >= 4 is 5.96 Å². The minimum absolute atomic E-state index is 0.550. The Kier molecular flexibility index (Phi) is 8.78. The number of para-hydroxylation sites is 1. The van der Waals surface area contributed by atoms with Gasteiger partial charge < -0.3 is 29.6 Å². The molecule has 2 aromatic rings. The number of methoxy groups -OCH3 is 3. The van der Waals surface area contributed by atoms with Crippen LogP contribution in [0, 0.1) is 0 Å². The highest BCUT2D eigenvalue weighted by atomic mass is 16.5. The second kappa shape index (κ2) is 11.6. The Morgan fingerprint density at radius 2 is 1.57 bits per heavy atom. The maximum absolute atomic E-state index is 5.66. The maximum atomic E-state index is 5.66. The fraction of sp³-hybridized carbons (Fsp3) is 0.381. The van der Waals surface area contributed by atoms with E-state index in [0.29, 0.717) is 36.9 Å². The van der Waals surface area contributed by atoms with Gasteiger partial charge in [-0.1, -0.05) is 24.3 Å². The maximum Gasteiger partial charge on any atom is 0.203 e. The van der Waals surface area contributed by atoms with Gasteiger partial charge in [0.25, 0.3) is 0 Å². The van der Waals surface area contributed by atoms with E-state index in [4.69, 9.17) is 18.9 Å². The summed E-state index contributed by atoms with van der Waals surface area (Å²) in [6.07, 6.45) is 0.741. The van der Waals surface area contributed by atoms with E-state index in [1.807, 2.05) is 42.5 Å². The Balaban J connectivity index is 1.81. The predicted octanol–water partition coefficient (Wildman–Crippen LogP) is 2.50. The Morgan fingerprint density at radius 3 is 2.21 bits per heavy atom. The number of hydrogen-bond acceptors (Lipinski definition) is 5. The molecule has 2 aromatic carbocycles. The highest BCUT2D eigenvalue weighted by Gasteiger charge is 2.15. The molecule has 0 heterocycles. The van der Waals surface area contributed by atoms with Crippen molar-refractivity contribution in [3.63, 3.8) is 0 Å². The number of hydrogen-bond donors (Lipinski definition) is 2. The minimum Gasteiger partial charge on any atom is -0.493 e. The second-order valence-electron chi connectivity index (χ2n) is 5.83. The van der Waals surface area contributed by atoms with Gasteiger partial charge in [0.05, 0.1) is 27.9 Å². The van der Waals surface area contributed by atoms with Gasteiger partial charge in [-0.05, 0) is 24.6 Å². The van der Waals surface area contributed by atoms with E-state index in [0.717, 1.165) is 23.7 Å². The SMILES string of the molecule is CN=C(NCCOc1ccccc1)NCCc1ccc(OC)c(OC)c1OC. The van der Waals surface area contributed by atoms with Crippen molar-refractivity contribution in [1.82, 2.24) is 10.6 Å². The van der Waals surface area contributed by atoms with Gasteiger partial charge in [0, 0.05) is 19.2 Å². The molecule has 0 unspecified atom stereocenters. The first-order valence-electron chi connectivity index (χ1n) is 9.13. The Morgan fingerprint density at radius 1 is 0.857 bits per heavy atom. The van der Waals surface area contributed by atoms with Gasteiger partial charge in [-0.15, -0.1) is 0 Å². The van der Waals surface area contributed by atoms with Crippen LogP contribution in [0.2, 0.25) is 0 Å². The third-order valence-corrected chi connectivity index (χ3v) is 4.10. The summed E-state index contributed by atoms with van der Waals surface area (Å²) in [6, 6.07) is 13.6. The summed E-state index contributed by atoms with van der Waals surface area (Å²) in [7, 11) is 6.58. The van der Waals surface area contributed by atoms with Crippen LogP contribution in [0.5, 0.6) is 23.0 Å². The molecule has 2 N–H and O–H groups in total. The van der Waals surface area contributed by atoms with Gasteiger partial charge in [0.15, 0.2) is 17.5 Å². The largest absolute Gasteiger partial charge is 0.493 e. The van der Waals surface area contributed by atoms with E-state index in [2.05, 4.69) is 15.6 Å². The number of nitrogens with zero attached hydrogens (tertiary/aromatic N) is 1. The molecule has 152 valence electrons. The van der Waals surface area contributed by atoms with Crippen LogP contribution in [0.4, 0.5) is 0 Å². The van der Waals surface area contributed by atoms with Crippen LogP contribution >= 0.6 is 0 Å². The number of rotatable bonds is 10. The summed E-state index contributed by atoms with van der Waals surface area (Å²) in [6.45, 7) is 1.88. The van der Waals surface area contributed by atoms with Crippen molar-refractivity contribution in [1.29, 1.82) is 0 Å². The zero-order valence-corrected chi connectivity index (χ0v) is 17.0. The number of guanidine groups is 1. The van der Waals surface area contributed by atoms with Crippen LogP contribution < -0.4 is 29.6 Å². The van der Waals surface area contributed by atoms with Gasteiger partial charge in [0.2, 0.25) is 5.75 Å². The third kappa shape index (κ3) is 5.97. The Bertz CT molecular complexity index is 751. The smallest absolute Gasteiger partial charge is 0.203 e. The van der Waals surface area contributed by atoms with E-state index in [-0.39, 0.29) is 0 Å². The van der Waals surface area contributed by atoms with E-state index in [9.17, 15) is 0 Å². The van der Waals surface area contributed by atoms with Gasteiger partial charge >= 0.3 is 0 Å². The van der Waals surface area contributed by atoms with Crippen molar-refractivity contribution in [3.05, 3.63) is 48.0 Å². The zero-order valence-electron chi connectivity index (χ0n) is 17.0. The molecular weight excluding hydrogens is 358 g/mol. The molecule has 0 amide bonds. The number of aliphatic imine (C=N–C) groups is 1. The van der Waals surface area contributed by atoms with Crippen LogP contribution in [0.25, 0.3) is 0 Å². The van der Waals surface area contributed by atoms with Crippen molar-refractivity contribution in [2.75, 3.05) is 48.1 Å². The fourth-order valence-corrected chi connectivity index (χ4v) is 2.75. The standard InChI is InChI=1S/C21H29N3O4/c1-22-21(24-14-15-28-17-8-6-5-7-9-17)23-13-12-16-10-11-18(25-2)20(27-4)19(16)26-3/h5-11H,12-15H2,1-4H3,(H2,22,23,24). The van der Waals surface area contributed by atoms with Crippen LogP contribution in [0.3, 0.4) is 0 Å². The molecule has 2 rings (SSSR count). The number of benzene rings is 2. The van der Waals surface area contributed by atoms with E-state index in [1.54, 1.807) is 28.4 Å². The van der Waals surface area contributed by atoms with E-state index < -0.39 is 0 Å². The average Bonchev–Trinajstić information content (AvgIpc) is 2.75.